The number of hydrogen-bond donors (Lipinski definition) is 1. The summed E-state index contributed by atoms with van der Waals surface area (Å²) in [6.07, 6.45) is 0. The zero-order chi connectivity index (χ0) is 10.3. The molecule has 0 saturated carbocycles. The van der Waals surface area contributed by atoms with Gasteiger partial charge in [0.25, 0.3) is 0 Å². The normalized spacial score (nSPS) is 10.6. The van der Waals surface area contributed by atoms with Gasteiger partial charge >= 0.3 is 0 Å². The van der Waals surface area contributed by atoms with E-state index >= 15 is 0 Å². The third kappa shape index (κ3) is 1.25. The van der Waals surface area contributed by atoms with E-state index in [-0.39, 0.29) is 5.78 Å². The number of carbonyl (C=O) groups is 2. The van der Waals surface area contributed by atoms with Crippen LogP contribution in [0, 0.1) is 0 Å². The first kappa shape index (κ1) is 9.36. The summed E-state index contributed by atoms with van der Waals surface area (Å²) < 4.78 is 0.976. The average molecular weight is 225 g/mol. The monoisotopic (exact) mass is 225 g/mol. The minimum absolute atomic E-state index is 0.0304. The number of nitrogens with two attached hydrogens (primary N) is 1. The predicted molar refractivity (Wildman–Crippen MR) is 58.2 cm³/mol. The molecule has 2 heterocycles. The number of fused-ring (bicyclic) bond motifs is 1. The third-order valence-electron chi connectivity index (χ3n) is 1.96. The largest absolute Gasteiger partial charge is 0.366 e. The van der Waals surface area contributed by atoms with E-state index in [2.05, 4.69) is 0 Å². The Bertz CT molecular complexity index is 480. The number of thiophene rings is 2. The Morgan fingerprint density at radius 2 is 1.79 bits per heavy atom. The second-order valence-electron chi connectivity index (χ2n) is 2.88. The van der Waals surface area contributed by atoms with Gasteiger partial charge < -0.3 is 5.73 Å². The van der Waals surface area contributed by atoms with Gasteiger partial charge in [-0.1, -0.05) is 0 Å². The lowest BCUT2D eigenvalue weighted by atomic mass is 10.1. The number of hydrogen-bond acceptors (Lipinski definition) is 4. The number of amides is 1. The van der Waals surface area contributed by atoms with Crippen LogP contribution in [0.1, 0.15) is 27.6 Å². The van der Waals surface area contributed by atoms with Gasteiger partial charge in [-0.05, 0) is 6.92 Å². The van der Waals surface area contributed by atoms with Crippen LogP contribution in [0.3, 0.4) is 0 Å². The van der Waals surface area contributed by atoms with Crippen LogP contribution < -0.4 is 5.73 Å². The molecule has 72 valence electrons. The summed E-state index contributed by atoms with van der Waals surface area (Å²) in [5.41, 5.74) is 6.27. The minimum atomic E-state index is -0.475. The van der Waals surface area contributed by atoms with E-state index in [9.17, 15) is 9.59 Å². The Morgan fingerprint density at radius 1 is 1.21 bits per heavy atom. The molecule has 0 aliphatic heterocycles. The van der Waals surface area contributed by atoms with Gasteiger partial charge in [0.05, 0.1) is 9.58 Å². The molecule has 14 heavy (non-hydrogen) atoms. The zero-order valence-electron chi connectivity index (χ0n) is 7.37. The molecule has 0 bridgehead atoms. The van der Waals surface area contributed by atoms with Crippen molar-refractivity contribution < 1.29 is 9.59 Å². The van der Waals surface area contributed by atoms with E-state index in [4.69, 9.17) is 5.73 Å². The lowest BCUT2D eigenvalue weighted by Gasteiger charge is -1.92. The lowest BCUT2D eigenvalue weighted by Crippen LogP contribution is -2.10. The summed E-state index contributed by atoms with van der Waals surface area (Å²) in [5, 5.41) is 4.20. The molecule has 2 N–H and O–H groups in total. The summed E-state index contributed by atoms with van der Waals surface area (Å²) in [5.74, 6) is -0.505. The first-order valence-corrected chi connectivity index (χ1v) is 5.66. The minimum Gasteiger partial charge on any atom is -0.366 e. The predicted octanol–water partition coefficient (Wildman–Crippen LogP) is 2.26. The SMILES string of the molecule is CC(=O)c1csc2scc(C(N)=O)c12. The van der Waals surface area contributed by atoms with Crippen molar-refractivity contribution in [3.05, 3.63) is 21.9 Å². The summed E-state index contributed by atoms with van der Waals surface area (Å²) in [7, 11) is 0. The first-order chi connectivity index (χ1) is 6.61. The molecule has 0 aliphatic carbocycles. The van der Waals surface area contributed by atoms with Gasteiger partial charge in [-0.2, -0.15) is 0 Å². The van der Waals surface area contributed by atoms with Crippen molar-refractivity contribution in [2.24, 2.45) is 5.73 Å². The van der Waals surface area contributed by atoms with Crippen molar-refractivity contribution in [1.82, 2.24) is 0 Å². The molecule has 1 amide bonds. The summed E-state index contributed by atoms with van der Waals surface area (Å²) in [4.78, 5) is 22.3. The number of carbonyl (C=O) groups excluding carboxylic acids is 2. The number of ketones is 1. The van der Waals surface area contributed by atoms with Gasteiger partial charge in [-0.3, -0.25) is 9.59 Å². The lowest BCUT2D eigenvalue weighted by molar-refractivity contribution is 0.100. The molecule has 5 heteroatoms. The van der Waals surface area contributed by atoms with Crippen LogP contribution in [-0.4, -0.2) is 11.7 Å². The van der Waals surface area contributed by atoms with Crippen LogP contribution in [0.25, 0.3) is 9.40 Å². The van der Waals surface area contributed by atoms with E-state index in [1.165, 1.54) is 29.6 Å². The second-order valence-corrected chi connectivity index (χ2v) is 4.90. The van der Waals surface area contributed by atoms with Crippen LogP contribution in [0.15, 0.2) is 10.8 Å². The molecule has 0 radical (unpaired) electrons. The van der Waals surface area contributed by atoms with E-state index in [1.54, 1.807) is 10.8 Å². The van der Waals surface area contributed by atoms with Crippen LogP contribution in [0.4, 0.5) is 0 Å². The highest BCUT2D eigenvalue weighted by atomic mass is 32.2. The van der Waals surface area contributed by atoms with Gasteiger partial charge in [0, 0.05) is 21.7 Å². The maximum Gasteiger partial charge on any atom is 0.250 e. The standard InChI is InChI=1S/C9H7NO2S2/c1-4(11)5-2-13-9-7(5)6(3-14-9)8(10)12/h2-3H,1H3,(H2,10,12). The summed E-state index contributed by atoms with van der Waals surface area (Å²) in [6, 6.07) is 0. The highest BCUT2D eigenvalue weighted by Gasteiger charge is 2.16. The van der Waals surface area contributed by atoms with Gasteiger partial charge in [0.1, 0.15) is 0 Å². The number of rotatable bonds is 2. The van der Waals surface area contributed by atoms with Crippen LogP contribution in [0.5, 0.6) is 0 Å². The molecule has 0 fully saturated rings. The smallest absolute Gasteiger partial charge is 0.250 e. The maximum atomic E-state index is 11.3. The Balaban J connectivity index is 2.80. The summed E-state index contributed by atoms with van der Waals surface area (Å²) in [6.45, 7) is 1.49. The second kappa shape index (κ2) is 3.18. The molecule has 0 atom stereocenters. The topological polar surface area (TPSA) is 60.2 Å². The fourth-order valence-electron chi connectivity index (χ4n) is 1.29. The fourth-order valence-corrected chi connectivity index (χ4v) is 3.45. The Hall–Kier alpha value is -1.20. The van der Waals surface area contributed by atoms with Crippen LogP contribution in [-0.2, 0) is 0 Å². The molecule has 0 aliphatic rings. The molecular formula is C9H7NO2S2. The zero-order valence-corrected chi connectivity index (χ0v) is 9.00. The van der Waals surface area contributed by atoms with E-state index in [1.807, 2.05) is 0 Å². The molecule has 0 aromatic carbocycles. The molecule has 0 unspecified atom stereocenters. The fraction of sp³-hybridized carbons (Fsp3) is 0.111. The van der Waals surface area contributed by atoms with Crippen molar-refractivity contribution in [2.45, 2.75) is 6.92 Å². The quantitative estimate of drug-likeness (QED) is 0.797. The van der Waals surface area contributed by atoms with E-state index in [0.717, 1.165) is 9.40 Å². The van der Waals surface area contributed by atoms with E-state index in [0.29, 0.717) is 11.1 Å². The summed E-state index contributed by atoms with van der Waals surface area (Å²) >= 11 is 2.92. The van der Waals surface area contributed by atoms with Gasteiger partial charge in [-0.25, -0.2) is 0 Å². The van der Waals surface area contributed by atoms with E-state index < -0.39 is 5.91 Å². The number of primary amides is 1. The van der Waals surface area contributed by atoms with Crippen molar-refractivity contribution in [1.29, 1.82) is 0 Å². The molecule has 0 saturated heterocycles. The Morgan fingerprint density at radius 3 is 2.29 bits per heavy atom. The first-order valence-electron chi connectivity index (χ1n) is 3.90. The van der Waals surface area contributed by atoms with Crippen molar-refractivity contribution in [3.8, 4) is 0 Å². The Kier molecular flexibility index (Phi) is 2.13. The molecule has 2 aromatic heterocycles. The van der Waals surface area contributed by atoms with Crippen molar-refractivity contribution in [3.63, 3.8) is 0 Å². The highest BCUT2D eigenvalue weighted by Crippen LogP contribution is 2.34. The third-order valence-corrected chi connectivity index (χ3v) is 4.08. The highest BCUT2D eigenvalue weighted by molar-refractivity contribution is 7.37. The van der Waals surface area contributed by atoms with Gasteiger partial charge in [-0.15, -0.1) is 22.7 Å². The van der Waals surface area contributed by atoms with Crippen LogP contribution >= 0.6 is 22.7 Å². The average Bonchev–Trinajstić information content (AvgIpc) is 2.59. The maximum absolute atomic E-state index is 11.3. The van der Waals surface area contributed by atoms with Gasteiger partial charge in [0.15, 0.2) is 5.78 Å². The van der Waals surface area contributed by atoms with Crippen molar-refractivity contribution in [2.75, 3.05) is 0 Å². The van der Waals surface area contributed by atoms with Crippen LogP contribution in [0.2, 0.25) is 0 Å². The molecule has 3 nitrogen and oxygen atoms in total. The number of Topliss-reactive ketones (excluding diaryl/α,β-unsaturated/α-hetero) is 1. The molecular weight excluding hydrogens is 218 g/mol. The molecule has 2 rings (SSSR count). The molecule has 2 aromatic rings. The van der Waals surface area contributed by atoms with Crippen molar-refractivity contribution >= 4 is 43.8 Å². The van der Waals surface area contributed by atoms with Gasteiger partial charge in [0.2, 0.25) is 5.91 Å². The Labute approximate surface area is 88.2 Å². The molecule has 0 spiro atoms.